The van der Waals surface area contributed by atoms with E-state index in [0.717, 1.165) is 18.7 Å². The van der Waals surface area contributed by atoms with Gasteiger partial charge in [0.15, 0.2) is 0 Å². The van der Waals surface area contributed by atoms with E-state index in [-0.39, 0.29) is 0 Å². The van der Waals surface area contributed by atoms with Crippen LogP contribution in [-0.2, 0) is 6.54 Å². The molecule has 3 nitrogen and oxygen atoms in total. The molecule has 0 aliphatic carbocycles. The Morgan fingerprint density at radius 2 is 1.41 bits per heavy atom. The van der Waals surface area contributed by atoms with Crippen LogP contribution in [0.5, 0.6) is 5.75 Å². The maximum atomic E-state index is 8.74. The second kappa shape index (κ2) is 15.5. The summed E-state index contributed by atoms with van der Waals surface area (Å²) in [5, 5.41) is 11.2. The molecule has 27 heavy (non-hydrogen) atoms. The topological polar surface area (TPSA) is 46.1 Å². The number of hydrogen-bond acceptors (Lipinski definition) is 2. The van der Waals surface area contributed by atoms with Gasteiger partial charge >= 0.3 is 0 Å². The fraction of sp³-hybridized carbons (Fsp3) is 0.667. The van der Waals surface area contributed by atoms with Gasteiger partial charge in [-0.05, 0) is 56.4 Å². The normalized spacial score (nSPS) is 10.7. The molecule has 0 saturated carbocycles. The Bertz CT molecular complexity index is 525. The summed E-state index contributed by atoms with van der Waals surface area (Å²) in [5.41, 5.74) is 3.70. The van der Waals surface area contributed by atoms with Crippen LogP contribution < -0.4 is 10.1 Å². The largest absolute Gasteiger partial charge is 0.480 e. The van der Waals surface area contributed by atoms with Crippen molar-refractivity contribution in [1.29, 1.82) is 0 Å². The standard InChI is InChI=1S/C24H39NO2/c1-4-17-27-24-21(2)18-23(19-22(24)3)20-25-15-13-11-9-7-5-6-8-10-12-14-16-26/h1,18-19,25-26H,5-17,20H2,2-3H3/p+1. The highest BCUT2D eigenvalue weighted by atomic mass is 16.5. The number of terminal acetylenes is 1. The Morgan fingerprint density at radius 1 is 0.889 bits per heavy atom. The van der Waals surface area contributed by atoms with Gasteiger partial charge in [0.2, 0.25) is 0 Å². The first-order valence-corrected chi connectivity index (χ1v) is 10.8. The van der Waals surface area contributed by atoms with Crippen LogP contribution in [0.2, 0.25) is 0 Å². The lowest BCUT2D eigenvalue weighted by Crippen LogP contribution is -2.82. The van der Waals surface area contributed by atoms with Gasteiger partial charge in [0.05, 0.1) is 6.54 Å². The fourth-order valence-electron chi connectivity index (χ4n) is 3.58. The molecule has 0 heterocycles. The van der Waals surface area contributed by atoms with Gasteiger partial charge in [0.25, 0.3) is 0 Å². The molecule has 3 N–H and O–H groups in total. The lowest BCUT2D eigenvalue weighted by Gasteiger charge is -2.12. The summed E-state index contributed by atoms with van der Waals surface area (Å²) < 4.78 is 5.64. The van der Waals surface area contributed by atoms with E-state index in [0.29, 0.717) is 13.2 Å². The van der Waals surface area contributed by atoms with Crippen molar-refractivity contribution in [3.05, 3.63) is 28.8 Å². The molecular formula is C24H40NO2+. The zero-order valence-corrected chi connectivity index (χ0v) is 17.6. The van der Waals surface area contributed by atoms with Crippen molar-refractivity contribution in [3.63, 3.8) is 0 Å². The van der Waals surface area contributed by atoms with Gasteiger partial charge in [0, 0.05) is 12.2 Å². The lowest BCUT2D eigenvalue weighted by atomic mass is 10.1. The Balaban J connectivity index is 2.04. The average Bonchev–Trinajstić information content (AvgIpc) is 2.65. The monoisotopic (exact) mass is 374 g/mol. The van der Waals surface area contributed by atoms with Crippen LogP contribution in [0.25, 0.3) is 0 Å². The minimum absolute atomic E-state index is 0.330. The summed E-state index contributed by atoms with van der Waals surface area (Å²) in [7, 11) is 0. The van der Waals surface area contributed by atoms with Crippen molar-refractivity contribution in [1.82, 2.24) is 0 Å². The fourth-order valence-corrected chi connectivity index (χ4v) is 3.58. The summed E-state index contributed by atoms with van der Waals surface area (Å²) in [6.45, 7) is 7.10. The van der Waals surface area contributed by atoms with Gasteiger partial charge in [-0.25, -0.2) is 0 Å². The maximum Gasteiger partial charge on any atom is 0.148 e. The van der Waals surface area contributed by atoms with Gasteiger partial charge < -0.3 is 15.2 Å². The van der Waals surface area contributed by atoms with Crippen LogP contribution in [-0.4, -0.2) is 24.9 Å². The Kier molecular flexibility index (Phi) is 13.6. The molecule has 0 radical (unpaired) electrons. The van der Waals surface area contributed by atoms with Crippen LogP contribution in [0.15, 0.2) is 12.1 Å². The molecule has 0 aromatic heterocycles. The smallest absolute Gasteiger partial charge is 0.148 e. The number of hydrogen-bond donors (Lipinski definition) is 2. The first-order valence-electron chi connectivity index (χ1n) is 10.8. The van der Waals surface area contributed by atoms with Crippen LogP contribution in [0.1, 0.15) is 80.9 Å². The van der Waals surface area contributed by atoms with Crippen LogP contribution in [0, 0.1) is 26.2 Å². The highest BCUT2D eigenvalue weighted by Gasteiger charge is 2.07. The van der Waals surface area contributed by atoms with E-state index >= 15 is 0 Å². The number of nitrogens with two attached hydrogens (primary N) is 1. The Hall–Kier alpha value is -1.50. The maximum absolute atomic E-state index is 8.74. The molecular weight excluding hydrogens is 334 g/mol. The summed E-state index contributed by atoms with van der Waals surface area (Å²) in [4.78, 5) is 0. The van der Waals surface area contributed by atoms with E-state index in [1.165, 1.54) is 81.0 Å². The molecule has 0 unspecified atom stereocenters. The number of rotatable bonds is 16. The Labute approximate surface area is 166 Å². The van der Waals surface area contributed by atoms with Crippen molar-refractivity contribution in [2.45, 2.75) is 84.6 Å². The molecule has 0 atom stereocenters. The lowest BCUT2D eigenvalue weighted by molar-refractivity contribution is -0.671. The third kappa shape index (κ3) is 11.1. The number of benzene rings is 1. The summed E-state index contributed by atoms with van der Waals surface area (Å²) in [6.07, 6.45) is 18.2. The van der Waals surface area contributed by atoms with E-state index in [4.69, 9.17) is 16.3 Å². The molecule has 1 rings (SSSR count). The third-order valence-corrected chi connectivity index (χ3v) is 5.02. The SMILES string of the molecule is C#CCOc1c(C)cc(C[NH2+]CCCCCCCCCCCCO)cc1C. The zero-order chi connectivity index (χ0) is 19.7. The molecule has 0 amide bonds. The van der Waals surface area contributed by atoms with Gasteiger partial charge in [0.1, 0.15) is 18.9 Å². The van der Waals surface area contributed by atoms with Gasteiger partial charge in [-0.15, -0.1) is 6.42 Å². The number of aliphatic hydroxyl groups is 1. The predicted octanol–water partition coefficient (Wildman–Crippen LogP) is 4.27. The van der Waals surface area contributed by atoms with Gasteiger partial charge in [-0.3, -0.25) is 0 Å². The van der Waals surface area contributed by atoms with E-state index in [1.807, 2.05) is 0 Å². The molecule has 3 heteroatoms. The van der Waals surface area contributed by atoms with E-state index < -0.39 is 0 Å². The summed E-state index contributed by atoms with van der Waals surface area (Å²) in [5.74, 6) is 3.46. The molecule has 0 aliphatic heterocycles. The second-order valence-electron chi connectivity index (χ2n) is 7.59. The van der Waals surface area contributed by atoms with E-state index in [2.05, 4.69) is 37.2 Å². The highest BCUT2D eigenvalue weighted by Crippen LogP contribution is 2.24. The summed E-state index contributed by atoms with van der Waals surface area (Å²) >= 11 is 0. The van der Waals surface area contributed by atoms with E-state index in [1.54, 1.807) is 0 Å². The minimum Gasteiger partial charge on any atom is -0.480 e. The highest BCUT2D eigenvalue weighted by molar-refractivity contribution is 5.43. The average molecular weight is 375 g/mol. The van der Waals surface area contributed by atoms with Crippen molar-refractivity contribution in [2.75, 3.05) is 19.8 Å². The number of aliphatic hydroxyl groups excluding tert-OH is 1. The molecule has 1 aromatic rings. The van der Waals surface area contributed by atoms with Gasteiger partial charge in [-0.2, -0.15) is 0 Å². The first kappa shape index (κ1) is 23.5. The number of aryl methyl sites for hydroxylation is 2. The second-order valence-corrected chi connectivity index (χ2v) is 7.59. The third-order valence-electron chi connectivity index (χ3n) is 5.02. The Morgan fingerprint density at radius 3 is 1.93 bits per heavy atom. The molecule has 0 bridgehead atoms. The number of quaternary nitrogens is 1. The van der Waals surface area contributed by atoms with Crippen LogP contribution >= 0.6 is 0 Å². The molecule has 1 aromatic carbocycles. The first-order chi connectivity index (χ1) is 13.2. The molecule has 0 saturated heterocycles. The summed E-state index contributed by atoms with van der Waals surface area (Å²) in [6, 6.07) is 4.44. The molecule has 152 valence electrons. The van der Waals surface area contributed by atoms with Crippen molar-refractivity contribution in [2.24, 2.45) is 0 Å². The quantitative estimate of drug-likeness (QED) is 0.335. The van der Waals surface area contributed by atoms with Crippen molar-refractivity contribution in [3.8, 4) is 18.1 Å². The van der Waals surface area contributed by atoms with Crippen LogP contribution in [0.4, 0.5) is 0 Å². The molecule has 0 aliphatic rings. The van der Waals surface area contributed by atoms with Crippen LogP contribution in [0.3, 0.4) is 0 Å². The molecule has 0 spiro atoms. The number of unbranched alkanes of at least 4 members (excludes halogenated alkanes) is 9. The number of ether oxygens (including phenoxy) is 1. The van der Waals surface area contributed by atoms with E-state index in [9.17, 15) is 0 Å². The zero-order valence-electron chi connectivity index (χ0n) is 17.6. The predicted molar refractivity (Wildman–Crippen MR) is 114 cm³/mol. The van der Waals surface area contributed by atoms with Crippen molar-refractivity contribution >= 4 is 0 Å². The molecule has 0 fully saturated rings. The minimum atomic E-state index is 0.330. The van der Waals surface area contributed by atoms with Crippen molar-refractivity contribution < 1.29 is 15.2 Å². The van der Waals surface area contributed by atoms with Gasteiger partial charge in [-0.1, -0.05) is 50.9 Å².